The van der Waals surface area contributed by atoms with Crippen molar-refractivity contribution in [2.45, 2.75) is 0 Å². The van der Waals surface area contributed by atoms with Crippen molar-refractivity contribution in [1.82, 2.24) is 4.90 Å². The standard InChI is InChI=1S/C24H19N3O6/c1-33-19-6-4-5-18(15-19)25(22(28)16-9-11-17(12-10-16)27(31)32)13-14-26-23(29)20-7-2-3-8-21(20)24(26)30/h2-12,15H,13-14H2,1H3. The molecule has 0 aromatic heterocycles. The lowest BCUT2D eigenvalue weighted by Gasteiger charge is -2.25. The second-order valence-corrected chi connectivity index (χ2v) is 7.27. The second kappa shape index (κ2) is 8.91. The van der Waals surface area contributed by atoms with Crippen LogP contribution in [0.5, 0.6) is 5.75 Å². The molecule has 4 rings (SSSR count). The molecule has 0 spiro atoms. The van der Waals surface area contributed by atoms with Crippen molar-refractivity contribution in [3.05, 3.63) is 99.6 Å². The predicted octanol–water partition coefficient (Wildman–Crippen LogP) is 3.55. The number of nitro groups is 1. The number of fused-ring (bicyclic) bond motifs is 1. The van der Waals surface area contributed by atoms with Crippen molar-refractivity contribution in [2.24, 2.45) is 0 Å². The van der Waals surface area contributed by atoms with E-state index in [1.54, 1.807) is 48.5 Å². The first-order valence-corrected chi connectivity index (χ1v) is 10.1. The average molecular weight is 445 g/mol. The van der Waals surface area contributed by atoms with Gasteiger partial charge in [-0.2, -0.15) is 0 Å². The summed E-state index contributed by atoms with van der Waals surface area (Å²) in [5.41, 5.74) is 1.25. The van der Waals surface area contributed by atoms with Crippen LogP contribution in [0.1, 0.15) is 31.1 Å². The summed E-state index contributed by atoms with van der Waals surface area (Å²) in [6.07, 6.45) is 0. The van der Waals surface area contributed by atoms with Crippen LogP contribution >= 0.6 is 0 Å². The molecule has 0 aliphatic carbocycles. The minimum atomic E-state index is -0.545. The molecule has 3 amide bonds. The maximum atomic E-state index is 13.3. The molecular formula is C24H19N3O6. The summed E-state index contributed by atoms with van der Waals surface area (Å²) >= 11 is 0. The molecule has 0 fully saturated rings. The van der Waals surface area contributed by atoms with E-state index in [1.807, 2.05) is 0 Å². The maximum Gasteiger partial charge on any atom is 0.269 e. The van der Waals surface area contributed by atoms with Crippen molar-refractivity contribution in [2.75, 3.05) is 25.1 Å². The second-order valence-electron chi connectivity index (χ2n) is 7.27. The van der Waals surface area contributed by atoms with Gasteiger partial charge >= 0.3 is 0 Å². The quantitative estimate of drug-likeness (QED) is 0.313. The van der Waals surface area contributed by atoms with E-state index >= 15 is 0 Å². The zero-order valence-electron chi connectivity index (χ0n) is 17.6. The Morgan fingerprint density at radius 2 is 1.61 bits per heavy atom. The number of ether oxygens (including phenoxy) is 1. The van der Waals surface area contributed by atoms with E-state index in [2.05, 4.69) is 0 Å². The van der Waals surface area contributed by atoms with Crippen molar-refractivity contribution in [1.29, 1.82) is 0 Å². The third-order valence-electron chi connectivity index (χ3n) is 5.36. The van der Waals surface area contributed by atoms with Gasteiger partial charge in [0.05, 0.1) is 23.2 Å². The Labute approximate surface area is 189 Å². The zero-order chi connectivity index (χ0) is 23.5. The summed E-state index contributed by atoms with van der Waals surface area (Å²) in [4.78, 5) is 51.7. The van der Waals surface area contributed by atoms with Gasteiger partial charge in [-0.1, -0.05) is 18.2 Å². The van der Waals surface area contributed by atoms with Gasteiger partial charge in [0.2, 0.25) is 0 Å². The normalized spacial score (nSPS) is 12.5. The van der Waals surface area contributed by atoms with Gasteiger partial charge < -0.3 is 9.64 Å². The molecule has 166 valence electrons. The molecule has 0 unspecified atom stereocenters. The third kappa shape index (κ3) is 4.16. The van der Waals surface area contributed by atoms with Crippen molar-refractivity contribution in [3.8, 4) is 5.75 Å². The fourth-order valence-corrected chi connectivity index (χ4v) is 3.65. The Morgan fingerprint density at radius 1 is 0.970 bits per heavy atom. The Morgan fingerprint density at radius 3 is 2.18 bits per heavy atom. The predicted molar refractivity (Wildman–Crippen MR) is 120 cm³/mol. The minimum Gasteiger partial charge on any atom is -0.497 e. The molecule has 3 aromatic carbocycles. The number of carbonyl (C=O) groups is 3. The summed E-state index contributed by atoms with van der Waals surface area (Å²) in [5.74, 6) is -0.738. The molecule has 0 saturated heterocycles. The highest BCUT2D eigenvalue weighted by Gasteiger charge is 2.35. The summed E-state index contributed by atoms with van der Waals surface area (Å²) in [6.45, 7) is -0.00324. The van der Waals surface area contributed by atoms with E-state index < -0.39 is 22.6 Å². The number of imide groups is 1. The molecule has 9 heteroatoms. The van der Waals surface area contributed by atoms with Gasteiger partial charge in [0.15, 0.2) is 0 Å². The lowest BCUT2D eigenvalue weighted by atomic mass is 10.1. The molecule has 0 radical (unpaired) electrons. The number of amides is 3. The molecule has 0 saturated carbocycles. The van der Waals surface area contributed by atoms with Crippen LogP contribution in [0.25, 0.3) is 0 Å². The number of hydrogen-bond donors (Lipinski definition) is 0. The fourth-order valence-electron chi connectivity index (χ4n) is 3.65. The summed E-state index contributed by atoms with van der Waals surface area (Å²) in [7, 11) is 1.50. The Hall–Kier alpha value is -4.53. The molecular weight excluding hydrogens is 426 g/mol. The lowest BCUT2D eigenvalue weighted by Crippen LogP contribution is -2.41. The van der Waals surface area contributed by atoms with Crippen molar-refractivity contribution >= 4 is 29.1 Å². The Balaban J connectivity index is 1.62. The first-order chi connectivity index (χ1) is 15.9. The molecule has 1 heterocycles. The molecule has 1 aliphatic rings. The number of carbonyl (C=O) groups excluding carboxylic acids is 3. The fraction of sp³-hybridized carbons (Fsp3) is 0.125. The number of nitrogens with zero attached hydrogens (tertiary/aromatic N) is 3. The van der Waals surface area contributed by atoms with Crippen LogP contribution in [0.2, 0.25) is 0 Å². The number of benzene rings is 3. The minimum absolute atomic E-state index is 0.0223. The van der Waals surface area contributed by atoms with Gasteiger partial charge in [-0.3, -0.25) is 29.4 Å². The molecule has 0 atom stereocenters. The highest BCUT2D eigenvalue weighted by atomic mass is 16.6. The number of hydrogen-bond acceptors (Lipinski definition) is 6. The first-order valence-electron chi connectivity index (χ1n) is 10.1. The summed E-state index contributed by atoms with van der Waals surface area (Å²) in [5, 5.41) is 10.9. The molecule has 3 aromatic rings. The SMILES string of the molecule is COc1cccc(N(CCN2C(=O)c3ccccc3C2=O)C(=O)c2ccc([N+](=O)[O-])cc2)c1. The van der Waals surface area contributed by atoms with E-state index in [0.29, 0.717) is 22.6 Å². The van der Waals surface area contributed by atoms with E-state index in [1.165, 1.54) is 36.3 Å². The van der Waals surface area contributed by atoms with Crippen LogP contribution in [0, 0.1) is 10.1 Å². The Kier molecular flexibility index (Phi) is 5.86. The van der Waals surface area contributed by atoms with E-state index in [0.717, 1.165) is 4.90 Å². The van der Waals surface area contributed by atoms with Gasteiger partial charge in [-0.15, -0.1) is 0 Å². The molecule has 0 N–H and O–H groups in total. The molecule has 9 nitrogen and oxygen atoms in total. The van der Waals surface area contributed by atoms with Crippen LogP contribution in [-0.2, 0) is 0 Å². The smallest absolute Gasteiger partial charge is 0.269 e. The molecule has 1 aliphatic heterocycles. The third-order valence-corrected chi connectivity index (χ3v) is 5.36. The monoisotopic (exact) mass is 445 g/mol. The highest BCUT2D eigenvalue weighted by Crippen LogP contribution is 2.26. The number of rotatable bonds is 7. The first kappa shape index (κ1) is 21.7. The van der Waals surface area contributed by atoms with Crippen molar-refractivity contribution < 1.29 is 24.0 Å². The van der Waals surface area contributed by atoms with Gasteiger partial charge in [0.1, 0.15) is 5.75 Å². The largest absolute Gasteiger partial charge is 0.497 e. The highest BCUT2D eigenvalue weighted by molar-refractivity contribution is 6.21. The van der Waals surface area contributed by atoms with Crippen LogP contribution in [0.3, 0.4) is 0 Å². The zero-order valence-corrected chi connectivity index (χ0v) is 17.6. The van der Waals surface area contributed by atoms with Crippen LogP contribution in [0.15, 0.2) is 72.8 Å². The number of nitro benzene ring substituents is 1. The number of non-ortho nitro benzene ring substituents is 1. The van der Waals surface area contributed by atoms with Crippen LogP contribution < -0.4 is 9.64 Å². The number of methoxy groups -OCH3 is 1. The number of anilines is 1. The van der Waals surface area contributed by atoms with Crippen LogP contribution in [-0.4, -0.2) is 47.7 Å². The van der Waals surface area contributed by atoms with Crippen LogP contribution in [0.4, 0.5) is 11.4 Å². The molecule has 33 heavy (non-hydrogen) atoms. The summed E-state index contributed by atoms with van der Waals surface area (Å²) in [6, 6.07) is 18.6. The van der Waals surface area contributed by atoms with E-state index in [-0.39, 0.29) is 24.3 Å². The summed E-state index contributed by atoms with van der Waals surface area (Å²) < 4.78 is 5.26. The van der Waals surface area contributed by atoms with E-state index in [4.69, 9.17) is 4.74 Å². The maximum absolute atomic E-state index is 13.3. The van der Waals surface area contributed by atoms with Gasteiger partial charge in [-0.25, -0.2) is 0 Å². The van der Waals surface area contributed by atoms with Gasteiger partial charge in [-0.05, 0) is 36.4 Å². The lowest BCUT2D eigenvalue weighted by molar-refractivity contribution is -0.384. The topological polar surface area (TPSA) is 110 Å². The van der Waals surface area contributed by atoms with Gasteiger partial charge in [0.25, 0.3) is 23.4 Å². The van der Waals surface area contributed by atoms with E-state index in [9.17, 15) is 24.5 Å². The van der Waals surface area contributed by atoms with Crippen molar-refractivity contribution in [3.63, 3.8) is 0 Å². The Bertz CT molecular complexity index is 1220. The average Bonchev–Trinajstić information content (AvgIpc) is 3.09. The molecule has 0 bridgehead atoms. The van der Waals surface area contributed by atoms with Gasteiger partial charge in [0, 0.05) is 42.5 Å².